The number of amides is 1. The smallest absolute Gasteiger partial charge is 0.387 e. The van der Waals surface area contributed by atoms with Gasteiger partial charge in [0.1, 0.15) is 11.8 Å². The number of hydrogen-bond acceptors (Lipinski definition) is 3. The van der Waals surface area contributed by atoms with Gasteiger partial charge >= 0.3 is 12.6 Å². The molecule has 0 heterocycles. The van der Waals surface area contributed by atoms with Gasteiger partial charge in [-0.05, 0) is 31.5 Å². The Morgan fingerprint density at radius 3 is 2.68 bits per heavy atom. The van der Waals surface area contributed by atoms with Crippen LogP contribution in [0.25, 0.3) is 0 Å². The molecule has 8 heteroatoms. The number of rotatable bonds is 7. The minimum Gasteiger partial charge on any atom is -0.480 e. The van der Waals surface area contributed by atoms with Crippen LogP contribution in [0.4, 0.5) is 8.78 Å². The summed E-state index contributed by atoms with van der Waals surface area (Å²) in [5, 5.41) is 11.4. The highest BCUT2D eigenvalue weighted by atomic mass is 35.5. The summed E-state index contributed by atoms with van der Waals surface area (Å²) in [7, 11) is 0. The van der Waals surface area contributed by atoms with E-state index in [4.69, 9.17) is 16.7 Å². The maximum absolute atomic E-state index is 12.3. The highest BCUT2D eigenvalue weighted by Gasteiger charge is 2.22. The van der Waals surface area contributed by atoms with Crippen molar-refractivity contribution in [1.29, 1.82) is 0 Å². The predicted molar refractivity (Wildman–Crippen MR) is 76.4 cm³/mol. The Labute approximate surface area is 130 Å². The van der Waals surface area contributed by atoms with Gasteiger partial charge in [0, 0.05) is 5.02 Å². The van der Waals surface area contributed by atoms with Crippen molar-refractivity contribution in [3.63, 3.8) is 0 Å². The lowest BCUT2D eigenvalue weighted by Crippen LogP contribution is -2.40. The Bertz CT molecular complexity index is 578. The van der Waals surface area contributed by atoms with E-state index in [1.165, 1.54) is 6.07 Å². The fourth-order valence-electron chi connectivity index (χ4n) is 1.61. The summed E-state index contributed by atoms with van der Waals surface area (Å²) in [6.07, 6.45) is 3.25. The van der Waals surface area contributed by atoms with Gasteiger partial charge in [-0.1, -0.05) is 23.8 Å². The van der Waals surface area contributed by atoms with Crippen LogP contribution in [-0.2, 0) is 4.79 Å². The third kappa shape index (κ3) is 5.33. The average Bonchev–Trinajstić information content (AvgIpc) is 2.44. The number of halogens is 3. The molecule has 1 atom stereocenters. The van der Waals surface area contributed by atoms with Gasteiger partial charge in [0.05, 0.1) is 5.56 Å². The molecule has 0 aliphatic rings. The minimum atomic E-state index is -3.12. The van der Waals surface area contributed by atoms with Crippen molar-refractivity contribution in [2.75, 3.05) is 0 Å². The van der Waals surface area contributed by atoms with E-state index in [2.05, 4.69) is 10.1 Å². The second-order valence-corrected chi connectivity index (χ2v) is 4.62. The number of ether oxygens (including phenoxy) is 1. The van der Waals surface area contributed by atoms with Crippen molar-refractivity contribution in [2.45, 2.75) is 26.0 Å². The van der Waals surface area contributed by atoms with Crippen LogP contribution in [-0.4, -0.2) is 29.6 Å². The largest absolute Gasteiger partial charge is 0.480 e. The van der Waals surface area contributed by atoms with E-state index in [1.54, 1.807) is 19.1 Å². The zero-order valence-electron chi connectivity index (χ0n) is 11.6. The number of nitrogens with one attached hydrogen (secondary N) is 1. The number of allylic oxidation sites excluding steroid dienone is 1. The van der Waals surface area contributed by atoms with E-state index in [0.717, 1.165) is 12.1 Å². The molecule has 0 spiro atoms. The van der Waals surface area contributed by atoms with E-state index >= 15 is 0 Å². The first kappa shape index (κ1) is 17.9. The van der Waals surface area contributed by atoms with Crippen LogP contribution in [0.5, 0.6) is 5.75 Å². The molecule has 1 rings (SSSR count). The summed E-state index contributed by atoms with van der Waals surface area (Å²) >= 11 is 5.73. The summed E-state index contributed by atoms with van der Waals surface area (Å²) in [4.78, 5) is 23.2. The maximum atomic E-state index is 12.3. The van der Waals surface area contributed by atoms with Crippen LogP contribution in [0.3, 0.4) is 0 Å². The van der Waals surface area contributed by atoms with Crippen molar-refractivity contribution >= 4 is 23.5 Å². The fraction of sp³-hybridized carbons (Fsp3) is 0.286. The average molecular weight is 334 g/mol. The fourth-order valence-corrected chi connectivity index (χ4v) is 1.78. The summed E-state index contributed by atoms with van der Waals surface area (Å²) in [6, 6.07) is 2.33. The van der Waals surface area contributed by atoms with Gasteiger partial charge in [-0.25, -0.2) is 4.79 Å². The molecular formula is C14H14ClF2NO4. The Balaban J connectivity index is 3.00. The van der Waals surface area contributed by atoms with Crippen LogP contribution in [0.1, 0.15) is 23.7 Å². The number of carboxylic acids is 1. The predicted octanol–water partition coefficient (Wildman–Crippen LogP) is 3.09. The lowest BCUT2D eigenvalue weighted by atomic mass is 10.1. The minimum absolute atomic E-state index is 0.0587. The van der Waals surface area contributed by atoms with E-state index in [-0.39, 0.29) is 22.8 Å². The lowest BCUT2D eigenvalue weighted by Gasteiger charge is -2.15. The Morgan fingerprint density at radius 2 is 2.14 bits per heavy atom. The van der Waals surface area contributed by atoms with E-state index in [9.17, 15) is 18.4 Å². The maximum Gasteiger partial charge on any atom is 0.387 e. The highest BCUT2D eigenvalue weighted by Crippen LogP contribution is 2.24. The molecule has 2 N–H and O–H groups in total. The second-order valence-electron chi connectivity index (χ2n) is 4.19. The number of carbonyl (C=O) groups is 2. The van der Waals surface area contributed by atoms with Gasteiger partial charge < -0.3 is 15.2 Å². The van der Waals surface area contributed by atoms with Crippen LogP contribution in [0.2, 0.25) is 5.02 Å². The van der Waals surface area contributed by atoms with E-state index in [1.807, 2.05) is 0 Å². The summed E-state index contributed by atoms with van der Waals surface area (Å²) in [5.41, 5.74) is -0.264. The molecule has 0 fully saturated rings. The molecule has 1 amide bonds. The van der Waals surface area contributed by atoms with Crippen molar-refractivity contribution in [3.8, 4) is 5.75 Å². The number of alkyl halides is 2. The quantitative estimate of drug-likeness (QED) is 0.752. The Hall–Kier alpha value is -2.15. The van der Waals surface area contributed by atoms with Crippen molar-refractivity contribution in [1.82, 2.24) is 5.32 Å². The van der Waals surface area contributed by atoms with Gasteiger partial charge in [0.15, 0.2) is 0 Å². The molecule has 0 saturated heterocycles. The highest BCUT2D eigenvalue weighted by molar-refractivity contribution is 6.31. The first-order valence-corrected chi connectivity index (χ1v) is 6.62. The molecule has 0 saturated carbocycles. The first-order valence-electron chi connectivity index (χ1n) is 6.24. The third-order valence-electron chi connectivity index (χ3n) is 2.61. The van der Waals surface area contributed by atoms with Gasteiger partial charge in [0.2, 0.25) is 0 Å². The first-order chi connectivity index (χ1) is 10.3. The van der Waals surface area contributed by atoms with Crippen molar-refractivity contribution in [2.24, 2.45) is 0 Å². The molecule has 0 bridgehead atoms. The molecule has 0 aromatic heterocycles. The number of benzene rings is 1. The molecule has 1 aromatic carbocycles. The molecule has 1 unspecified atom stereocenters. The van der Waals surface area contributed by atoms with E-state index in [0.29, 0.717) is 0 Å². The zero-order chi connectivity index (χ0) is 16.7. The molecule has 0 aliphatic carbocycles. The zero-order valence-corrected chi connectivity index (χ0v) is 12.3. The van der Waals surface area contributed by atoms with Gasteiger partial charge in [-0.3, -0.25) is 4.79 Å². The molecule has 22 heavy (non-hydrogen) atoms. The number of carbonyl (C=O) groups excluding carboxylic acids is 1. The molecule has 0 aliphatic heterocycles. The van der Waals surface area contributed by atoms with Crippen LogP contribution in [0, 0.1) is 0 Å². The van der Waals surface area contributed by atoms with Gasteiger partial charge in [-0.15, -0.1) is 0 Å². The Morgan fingerprint density at radius 1 is 1.45 bits per heavy atom. The number of aliphatic carboxylic acids is 1. The second kappa shape index (κ2) is 8.33. The lowest BCUT2D eigenvalue weighted by molar-refractivity contribution is -0.139. The SMILES string of the molecule is C/C=C/CC(NC(=O)c1cc(Cl)ccc1OC(F)F)C(=O)O. The van der Waals surface area contributed by atoms with Crippen molar-refractivity contribution < 1.29 is 28.2 Å². The molecule has 120 valence electrons. The third-order valence-corrected chi connectivity index (χ3v) is 2.85. The van der Waals surface area contributed by atoms with Crippen molar-refractivity contribution in [3.05, 3.63) is 40.9 Å². The summed E-state index contributed by atoms with van der Waals surface area (Å²) in [5.74, 6) is -2.49. The van der Waals surface area contributed by atoms with Gasteiger partial charge in [0.25, 0.3) is 5.91 Å². The van der Waals surface area contributed by atoms with Crippen LogP contribution < -0.4 is 10.1 Å². The van der Waals surface area contributed by atoms with Gasteiger partial charge in [-0.2, -0.15) is 8.78 Å². The normalized spacial score (nSPS) is 12.4. The Kier molecular flexibility index (Phi) is 6.78. The molecule has 0 radical (unpaired) electrons. The molecule has 1 aromatic rings. The molecule has 5 nitrogen and oxygen atoms in total. The number of hydrogen-bond donors (Lipinski definition) is 2. The monoisotopic (exact) mass is 333 g/mol. The summed E-state index contributed by atoms with van der Waals surface area (Å²) < 4.78 is 28.9. The summed E-state index contributed by atoms with van der Waals surface area (Å²) in [6.45, 7) is -1.42. The standard InChI is InChI=1S/C14H14ClF2NO4/c1-2-3-4-10(13(20)21)18-12(19)9-7-8(15)5-6-11(9)22-14(16)17/h2-3,5-7,10,14H,4H2,1H3,(H,18,19)(H,20,21)/b3-2+. The van der Waals surface area contributed by atoms with Crippen LogP contribution >= 0.6 is 11.6 Å². The van der Waals surface area contributed by atoms with E-state index < -0.39 is 24.5 Å². The molecular weight excluding hydrogens is 320 g/mol. The number of carboxylic acid groups (broad SMARTS) is 1. The van der Waals surface area contributed by atoms with Crippen LogP contribution in [0.15, 0.2) is 30.4 Å². The topological polar surface area (TPSA) is 75.6 Å².